The molecule has 6 nitrogen and oxygen atoms in total. The first-order valence-electron chi connectivity index (χ1n) is 8.48. The number of halogens is 1. The van der Waals surface area contributed by atoms with Gasteiger partial charge in [-0.1, -0.05) is 0 Å². The van der Waals surface area contributed by atoms with Crippen LogP contribution in [0.2, 0.25) is 0 Å². The van der Waals surface area contributed by atoms with Gasteiger partial charge in [-0.2, -0.15) is 0 Å². The average Bonchev–Trinajstić information content (AvgIpc) is 3.02. The van der Waals surface area contributed by atoms with E-state index in [1.807, 2.05) is 55.6 Å². The molecule has 1 heterocycles. The highest BCUT2D eigenvalue weighted by Gasteiger charge is 2.19. The van der Waals surface area contributed by atoms with E-state index in [1.54, 1.807) is 24.3 Å². The molecule has 0 bridgehead atoms. The molecule has 0 radical (unpaired) electrons. The minimum Gasteiger partial charge on any atom is -1.00 e. The fourth-order valence-corrected chi connectivity index (χ4v) is 3.59. The van der Waals surface area contributed by atoms with Gasteiger partial charge in [-0.15, -0.1) is 0 Å². The van der Waals surface area contributed by atoms with Gasteiger partial charge < -0.3 is 22.6 Å². The lowest BCUT2D eigenvalue weighted by Crippen LogP contribution is -3.00. The number of benzene rings is 2. The molecule has 0 aliphatic carbocycles. The summed E-state index contributed by atoms with van der Waals surface area (Å²) in [4.78, 5) is 22.5. The highest BCUT2D eigenvalue weighted by molar-refractivity contribution is 5.89. The Bertz CT molecular complexity index is 956. The summed E-state index contributed by atoms with van der Waals surface area (Å²) < 4.78 is 3.89. The smallest absolute Gasteiger partial charge is 0.335 e. The van der Waals surface area contributed by atoms with Crippen molar-refractivity contribution in [2.45, 2.75) is 27.7 Å². The number of carboxylic acid groups (broad SMARTS) is 2. The van der Waals surface area contributed by atoms with Crippen molar-refractivity contribution in [1.29, 1.82) is 0 Å². The fourth-order valence-electron chi connectivity index (χ4n) is 3.59. The molecule has 3 rings (SSSR count). The number of hydrogen-bond acceptors (Lipinski definition) is 2. The minimum absolute atomic E-state index is 0. The van der Waals surface area contributed by atoms with Gasteiger partial charge in [0, 0.05) is 0 Å². The molecule has 0 unspecified atom stereocenters. The van der Waals surface area contributed by atoms with Crippen LogP contribution in [0.3, 0.4) is 0 Å². The van der Waals surface area contributed by atoms with E-state index >= 15 is 0 Å². The highest BCUT2D eigenvalue weighted by atomic mass is 35.5. The zero-order valence-electron chi connectivity index (χ0n) is 16.0. The zero-order chi connectivity index (χ0) is 19.9. The third kappa shape index (κ3) is 3.77. The van der Waals surface area contributed by atoms with Gasteiger partial charge in [0.15, 0.2) is 0 Å². The van der Waals surface area contributed by atoms with Crippen LogP contribution in [0.1, 0.15) is 43.0 Å². The summed E-state index contributed by atoms with van der Waals surface area (Å²) in [6.07, 6.45) is 5.71. The van der Waals surface area contributed by atoms with Crippen molar-refractivity contribution in [3.63, 3.8) is 0 Å². The van der Waals surface area contributed by atoms with Gasteiger partial charge in [0.25, 0.3) is 6.33 Å². The molecule has 0 fully saturated rings. The Labute approximate surface area is 169 Å². The number of hydrogen-bond donors (Lipinski definition) is 2. The largest absolute Gasteiger partial charge is 1.00 e. The SMILES string of the molecule is Cc1cc(C(=O)O)cc(C)c1-n1cc[n+](-c2c(C)cc(C(=O)O)cc2C)c1.[Cl-]. The van der Waals surface area contributed by atoms with E-state index in [1.165, 1.54) is 0 Å². The second kappa shape index (κ2) is 7.86. The number of aromatic carboxylic acids is 2. The van der Waals surface area contributed by atoms with Gasteiger partial charge in [0.05, 0.1) is 11.1 Å². The quantitative estimate of drug-likeness (QED) is 0.620. The van der Waals surface area contributed by atoms with E-state index in [0.29, 0.717) is 0 Å². The topological polar surface area (TPSA) is 83.4 Å². The van der Waals surface area contributed by atoms with E-state index in [4.69, 9.17) is 0 Å². The Morgan fingerprint density at radius 3 is 1.68 bits per heavy atom. The van der Waals surface area contributed by atoms with E-state index in [2.05, 4.69) is 0 Å². The Hall–Kier alpha value is -3.12. The summed E-state index contributed by atoms with van der Waals surface area (Å²) in [5.41, 5.74) is 5.85. The van der Waals surface area contributed by atoms with Crippen molar-refractivity contribution in [3.05, 3.63) is 76.4 Å². The number of rotatable bonds is 4. The number of carbonyl (C=O) groups is 2. The maximum Gasteiger partial charge on any atom is 0.335 e. The molecule has 0 aliphatic heterocycles. The monoisotopic (exact) mass is 400 g/mol. The van der Waals surface area contributed by atoms with Gasteiger partial charge in [-0.25, -0.2) is 18.7 Å². The van der Waals surface area contributed by atoms with Crippen LogP contribution in [0.5, 0.6) is 0 Å². The van der Waals surface area contributed by atoms with E-state index in [-0.39, 0.29) is 23.5 Å². The third-order valence-corrected chi connectivity index (χ3v) is 4.63. The lowest BCUT2D eigenvalue weighted by Gasteiger charge is -2.08. The second-order valence-corrected chi connectivity index (χ2v) is 6.76. The van der Waals surface area contributed by atoms with Crippen LogP contribution in [0, 0.1) is 27.7 Å². The number of aryl methyl sites for hydroxylation is 4. The number of nitrogens with zero attached hydrogens (tertiary/aromatic N) is 2. The third-order valence-electron chi connectivity index (χ3n) is 4.63. The van der Waals surface area contributed by atoms with Crippen molar-refractivity contribution < 1.29 is 36.8 Å². The van der Waals surface area contributed by atoms with Crippen LogP contribution in [-0.4, -0.2) is 26.7 Å². The second-order valence-electron chi connectivity index (χ2n) is 6.76. The fraction of sp³-hybridized carbons (Fsp3) is 0.190. The van der Waals surface area contributed by atoms with Crippen LogP contribution >= 0.6 is 0 Å². The first-order valence-corrected chi connectivity index (χ1v) is 8.48. The zero-order valence-corrected chi connectivity index (χ0v) is 16.8. The maximum absolute atomic E-state index is 11.2. The summed E-state index contributed by atoms with van der Waals surface area (Å²) in [7, 11) is 0. The van der Waals surface area contributed by atoms with Crippen LogP contribution in [0.4, 0.5) is 0 Å². The van der Waals surface area contributed by atoms with Gasteiger partial charge >= 0.3 is 11.9 Å². The molecule has 7 heteroatoms. The Kier molecular flexibility index (Phi) is 5.95. The van der Waals surface area contributed by atoms with E-state index in [0.717, 1.165) is 33.6 Å². The van der Waals surface area contributed by atoms with Crippen LogP contribution in [-0.2, 0) is 0 Å². The van der Waals surface area contributed by atoms with Crippen molar-refractivity contribution in [2.24, 2.45) is 0 Å². The number of aromatic nitrogens is 2. The van der Waals surface area contributed by atoms with Crippen molar-refractivity contribution >= 4 is 11.9 Å². The molecule has 1 aromatic heterocycles. The van der Waals surface area contributed by atoms with Gasteiger partial charge in [-0.3, -0.25) is 0 Å². The van der Waals surface area contributed by atoms with E-state index < -0.39 is 11.9 Å². The normalized spacial score (nSPS) is 10.4. The van der Waals surface area contributed by atoms with E-state index in [9.17, 15) is 19.8 Å². The summed E-state index contributed by atoms with van der Waals surface area (Å²) in [6.45, 7) is 7.54. The molecule has 0 atom stereocenters. The van der Waals surface area contributed by atoms with Gasteiger partial charge in [0.2, 0.25) is 0 Å². The Balaban J connectivity index is 0.00000280. The number of imidazole rings is 1. The van der Waals surface area contributed by atoms with Crippen molar-refractivity contribution in [1.82, 2.24) is 4.57 Å². The van der Waals surface area contributed by atoms with Crippen LogP contribution in [0.25, 0.3) is 11.4 Å². The summed E-state index contributed by atoms with van der Waals surface area (Å²) in [6, 6.07) is 6.64. The predicted octanol–water partition coefficient (Wildman–Crippen LogP) is 0.388. The molecule has 28 heavy (non-hydrogen) atoms. The molecule has 2 aromatic carbocycles. The first kappa shape index (κ1) is 21.2. The van der Waals surface area contributed by atoms with Gasteiger partial charge in [-0.05, 0) is 74.2 Å². The van der Waals surface area contributed by atoms with Crippen LogP contribution < -0.4 is 17.0 Å². The molecular weight excluding hydrogens is 380 g/mol. The standard InChI is InChI=1S/C21H20N2O4.ClH/c1-12-7-16(20(24)25)8-13(2)18(12)22-5-6-23(11-22)19-14(3)9-17(21(26)27)10-15(19)4;/h5-11H,1-4H3,(H-,24,25,26,27);1H. The summed E-state index contributed by atoms with van der Waals surface area (Å²) in [5, 5.41) is 18.4. The molecule has 0 amide bonds. The lowest BCUT2D eigenvalue weighted by atomic mass is 10.0. The van der Waals surface area contributed by atoms with Crippen molar-refractivity contribution in [3.8, 4) is 11.4 Å². The number of carboxylic acids is 2. The molecule has 3 aromatic rings. The molecule has 0 saturated heterocycles. The lowest BCUT2D eigenvalue weighted by molar-refractivity contribution is -0.595. The average molecular weight is 401 g/mol. The molecule has 2 N–H and O–H groups in total. The van der Waals surface area contributed by atoms with Crippen LogP contribution in [0.15, 0.2) is 43.0 Å². The van der Waals surface area contributed by atoms with Gasteiger partial charge in [0.1, 0.15) is 23.8 Å². The molecule has 0 spiro atoms. The maximum atomic E-state index is 11.2. The predicted molar refractivity (Wildman–Crippen MR) is 100 cm³/mol. The molecular formula is C21H21ClN2O4. The molecule has 0 saturated carbocycles. The summed E-state index contributed by atoms with van der Waals surface area (Å²) in [5.74, 6) is -1.89. The molecule has 146 valence electrons. The minimum atomic E-state index is -0.944. The van der Waals surface area contributed by atoms with Crippen molar-refractivity contribution in [2.75, 3.05) is 0 Å². The molecule has 0 aliphatic rings. The first-order chi connectivity index (χ1) is 12.7. The summed E-state index contributed by atoms with van der Waals surface area (Å²) >= 11 is 0. The highest BCUT2D eigenvalue weighted by Crippen LogP contribution is 2.22. The Morgan fingerprint density at radius 1 is 0.821 bits per heavy atom. The Morgan fingerprint density at radius 2 is 1.25 bits per heavy atom.